The van der Waals surface area contributed by atoms with Gasteiger partial charge in [-0.1, -0.05) is 41.2 Å². The van der Waals surface area contributed by atoms with Crippen molar-refractivity contribution in [2.24, 2.45) is 4.99 Å². The molecule has 7 rings (SSSR count). The first-order valence-electron chi connectivity index (χ1n) is 18.7. The number of hydrogen-bond acceptors (Lipinski definition) is 13. The first-order valence-corrected chi connectivity index (χ1v) is 21.0. The number of pyridine rings is 1. The molecule has 3 aromatic rings. The van der Waals surface area contributed by atoms with Crippen LogP contribution in [0.4, 0.5) is 16.2 Å². The maximum atomic E-state index is 13.9. The van der Waals surface area contributed by atoms with Crippen molar-refractivity contribution in [3.05, 3.63) is 84.1 Å². The Morgan fingerprint density at radius 2 is 1.54 bits per heavy atom. The van der Waals surface area contributed by atoms with E-state index in [0.29, 0.717) is 85.4 Å². The number of ether oxygens (including phenoxy) is 5. The van der Waals surface area contributed by atoms with Crippen molar-refractivity contribution in [2.75, 3.05) is 57.8 Å². The van der Waals surface area contributed by atoms with Crippen molar-refractivity contribution in [3.63, 3.8) is 0 Å². The standard InChI is InChI=1S/C41H45N5O9S2/c1-25-16-27-22-43-30-20-35(33(51-3)18-28(30)38(47)44(27)23-25)53-12-8-5-9-13-54-36-21-31-29(19-34(36)52-4)39(48)45-24-26(2)17-32(45)40(49)46(31)41(50)55-14-15-56-57-37-10-6-7-11-42-37/h6-7,10-11,18-22,27,32,40,49H,1-2,5,8-9,12-17,23-24H2,3-4H3. The fraction of sp³-hybridized carbons (Fsp3) is 0.390. The van der Waals surface area contributed by atoms with Gasteiger partial charge in [-0.2, -0.15) is 0 Å². The number of aromatic nitrogens is 1. The summed E-state index contributed by atoms with van der Waals surface area (Å²) in [5.41, 5.74) is 3.14. The molecule has 1 aromatic heterocycles. The maximum absolute atomic E-state index is 13.9. The lowest BCUT2D eigenvalue weighted by Gasteiger charge is -2.31. The Morgan fingerprint density at radius 1 is 0.860 bits per heavy atom. The molecule has 2 saturated heterocycles. The molecule has 5 heterocycles. The van der Waals surface area contributed by atoms with Gasteiger partial charge in [-0.25, -0.2) is 14.7 Å². The molecule has 3 amide bonds. The van der Waals surface area contributed by atoms with E-state index in [1.54, 1.807) is 41.6 Å². The molecule has 0 bridgehead atoms. The van der Waals surface area contributed by atoms with Crippen LogP contribution in [0.15, 0.2) is 83.0 Å². The fourth-order valence-electron chi connectivity index (χ4n) is 7.27. The predicted octanol–water partition coefficient (Wildman–Crippen LogP) is 6.70. The third-order valence-electron chi connectivity index (χ3n) is 10.1. The average molecular weight is 816 g/mol. The van der Waals surface area contributed by atoms with Gasteiger partial charge in [-0.3, -0.25) is 14.6 Å². The summed E-state index contributed by atoms with van der Waals surface area (Å²) < 4.78 is 29.1. The van der Waals surface area contributed by atoms with Crippen molar-refractivity contribution < 1.29 is 43.2 Å². The summed E-state index contributed by atoms with van der Waals surface area (Å²) >= 11 is 0. The molecule has 14 nitrogen and oxygen atoms in total. The Hall–Kier alpha value is -5.19. The Balaban J connectivity index is 0.972. The van der Waals surface area contributed by atoms with Crippen molar-refractivity contribution in [1.82, 2.24) is 14.8 Å². The Labute approximate surface area is 339 Å². The second-order valence-electron chi connectivity index (χ2n) is 14.0. The van der Waals surface area contributed by atoms with Crippen LogP contribution >= 0.6 is 21.6 Å². The minimum atomic E-state index is -1.39. The molecule has 3 unspecified atom stereocenters. The van der Waals surface area contributed by atoms with Crippen LogP contribution in [0.5, 0.6) is 23.0 Å². The van der Waals surface area contributed by atoms with Gasteiger partial charge in [-0.05, 0) is 67.2 Å². The zero-order valence-corrected chi connectivity index (χ0v) is 33.5. The summed E-state index contributed by atoms with van der Waals surface area (Å²) in [5.74, 6) is 1.60. The number of nitrogens with zero attached hydrogens (tertiary/aromatic N) is 5. The number of aliphatic hydroxyl groups is 1. The molecular formula is C41H45N5O9S2. The molecule has 300 valence electrons. The lowest BCUT2D eigenvalue weighted by molar-refractivity contribution is 0.0493. The molecule has 2 aromatic carbocycles. The summed E-state index contributed by atoms with van der Waals surface area (Å²) in [6.45, 7) is 9.61. The molecule has 3 atom stereocenters. The third kappa shape index (κ3) is 8.72. The highest BCUT2D eigenvalue weighted by Crippen LogP contribution is 2.43. The first-order chi connectivity index (χ1) is 27.7. The maximum Gasteiger partial charge on any atom is 0.416 e. The fourth-order valence-corrected chi connectivity index (χ4v) is 8.97. The van der Waals surface area contributed by atoms with E-state index < -0.39 is 18.4 Å². The summed E-state index contributed by atoms with van der Waals surface area (Å²) in [7, 11) is 5.98. The molecule has 0 aliphatic carbocycles. The van der Waals surface area contributed by atoms with Gasteiger partial charge < -0.3 is 38.6 Å². The van der Waals surface area contributed by atoms with Crippen LogP contribution in [0, 0.1) is 0 Å². The van der Waals surface area contributed by atoms with E-state index in [4.69, 9.17) is 23.7 Å². The first kappa shape index (κ1) is 40.0. The van der Waals surface area contributed by atoms with E-state index in [1.165, 1.54) is 40.7 Å². The molecule has 1 N–H and O–H groups in total. The van der Waals surface area contributed by atoms with Crippen LogP contribution in [0.2, 0.25) is 0 Å². The molecule has 0 saturated carbocycles. The average Bonchev–Trinajstić information content (AvgIpc) is 3.75. The number of unbranched alkanes of at least 4 members (excludes halogenated alkanes) is 2. The van der Waals surface area contributed by atoms with Crippen molar-refractivity contribution in [1.29, 1.82) is 0 Å². The lowest BCUT2D eigenvalue weighted by Crippen LogP contribution is -2.51. The normalized spacial score (nSPS) is 19.7. The summed E-state index contributed by atoms with van der Waals surface area (Å²) in [4.78, 5) is 54.2. The monoisotopic (exact) mass is 815 g/mol. The van der Waals surface area contributed by atoms with E-state index in [2.05, 4.69) is 23.1 Å². The number of aliphatic hydroxyl groups excluding tert-OH is 1. The zero-order chi connectivity index (χ0) is 40.1. The number of hydrogen-bond donors (Lipinski definition) is 1. The number of methoxy groups -OCH3 is 2. The highest BCUT2D eigenvalue weighted by molar-refractivity contribution is 8.76. The largest absolute Gasteiger partial charge is 0.493 e. The predicted molar refractivity (Wildman–Crippen MR) is 219 cm³/mol. The van der Waals surface area contributed by atoms with E-state index in [0.717, 1.165) is 27.5 Å². The van der Waals surface area contributed by atoms with Gasteiger partial charge in [0.15, 0.2) is 29.2 Å². The number of anilines is 1. The summed E-state index contributed by atoms with van der Waals surface area (Å²) in [6.07, 6.45) is 4.49. The van der Waals surface area contributed by atoms with Crippen molar-refractivity contribution in [3.8, 4) is 23.0 Å². The van der Waals surface area contributed by atoms with Gasteiger partial charge >= 0.3 is 6.09 Å². The number of carbonyl (C=O) groups is 3. The highest BCUT2D eigenvalue weighted by atomic mass is 33.1. The summed E-state index contributed by atoms with van der Waals surface area (Å²) in [5, 5.41) is 12.5. The highest BCUT2D eigenvalue weighted by Gasteiger charge is 2.46. The van der Waals surface area contributed by atoms with Crippen LogP contribution in [-0.4, -0.2) is 115 Å². The topological polar surface area (TPSA) is 153 Å². The Morgan fingerprint density at radius 3 is 2.26 bits per heavy atom. The molecule has 0 spiro atoms. The molecule has 4 aliphatic heterocycles. The number of benzene rings is 2. The molecule has 4 aliphatic rings. The van der Waals surface area contributed by atoms with Gasteiger partial charge in [-0.15, -0.1) is 0 Å². The molecule has 2 fully saturated rings. The van der Waals surface area contributed by atoms with Crippen LogP contribution < -0.4 is 23.8 Å². The van der Waals surface area contributed by atoms with Crippen LogP contribution in [0.1, 0.15) is 52.8 Å². The Kier molecular flexibility index (Phi) is 12.6. The van der Waals surface area contributed by atoms with Gasteiger partial charge in [0.1, 0.15) is 11.6 Å². The van der Waals surface area contributed by atoms with Gasteiger partial charge in [0.25, 0.3) is 11.8 Å². The second-order valence-corrected chi connectivity index (χ2v) is 16.4. The van der Waals surface area contributed by atoms with E-state index in [9.17, 15) is 19.5 Å². The van der Waals surface area contributed by atoms with E-state index in [1.807, 2.05) is 18.2 Å². The Bertz CT molecular complexity index is 2070. The number of carbonyl (C=O) groups excluding carboxylic acids is 3. The third-order valence-corrected chi connectivity index (χ3v) is 12.3. The molecule has 16 heteroatoms. The molecule has 0 radical (unpaired) electrons. The van der Waals surface area contributed by atoms with Crippen LogP contribution in [-0.2, 0) is 4.74 Å². The molecule has 57 heavy (non-hydrogen) atoms. The van der Waals surface area contributed by atoms with Crippen LogP contribution in [0.3, 0.4) is 0 Å². The van der Waals surface area contributed by atoms with Crippen molar-refractivity contribution in [2.45, 2.75) is 55.4 Å². The SMILES string of the molecule is C=C1CC2C=Nc3cc(OCCCCCOc4cc5c(cc4OC)C(=O)N4CC(=C)CC4C(O)N5C(=O)OCCSSc4ccccn4)c(OC)cc3C(=O)N2C1. The van der Waals surface area contributed by atoms with Gasteiger partial charge in [0.2, 0.25) is 0 Å². The molecular weight excluding hydrogens is 771 g/mol. The van der Waals surface area contributed by atoms with Crippen molar-refractivity contribution >= 4 is 57.1 Å². The number of aliphatic imine (C=N–C) groups is 1. The number of fused-ring (bicyclic) bond motifs is 4. The smallest absolute Gasteiger partial charge is 0.416 e. The lowest BCUT2D eigenvalue weighted by atomic mass is 10.1. The van der Waals surface area contributed by atoms with E-state index >= 15 is 0 Å². The minimum Gasteiger partial charge on any atom is -0.493 e. The second kappa shape index (κ2) is 17.9. The van der Waals surface area contributed by atoms with Gasteiger partial charge in [0.05, 0.1) is 62.0 Å². The van der Waals surface area contributed by atoms with E-state index in [-0.39, 0.29) is 42.3 Å². The number of amides is 3. The minimum absolute atomic E-state index is 0.0724. The summed E-state index contributed by atoms with van der Waals surface area (Å²) in [6, 6.07) is 11.4. The zero-order valence-electron chi connectivity index (χ0n) is 31.9. The quantitative estimate of drug-likeness (QED) is 0.0988. The van der Waals surface area contributed by atoms with Gasteiger partial charge in [0, 0.05) is 43.4 Å². The van der Waals surface area contributed by atoms with Crippen LogP contribution in [0.25, 0.3) is 0 Å². The number of rotatable bonds is 15.